The summed E-state index contributed by atoms with van der Waals surface area (Å²) in [4.78, 5) is 17.4. The van der Waals surface area contributed by atoms with Crippen molar-refractivity contribution in [1.82, 2.24) is 15.0 Å². The minimum Gasteiger partial charge on any atom is -0.350 e. The van der Waals surface area contributed by atoms with Crippen LogP contribution in [0.2, 0.25) is 0 Å². The fourth-order valence-corrected chi connectivity index (χ4v) is 4.22. The van der Waals surface area contributed by atoms with E-state index in [1.54, 1.807) is 24.3 Å². The molecule has 27 heavy (non-hydrogen) atoms. The molecule has 0 radical (unpaired) electrons. The number of hydrogen-bond acceptors (Lipinski definition) is 4. The molecule has 2 aromatic rings. The first kappa shape index (κ1) is 18.2. The van der Waals surface area contributed by atoms with E-state index < -0.39 is 0 Å². The van der Waals surface area contributed by atoms with E-state index in [1.165, 1.54) is 32.0 Å². The summed E-state index contributed by atoms with van der Waals surface area (Å²) in [5, 5.41) is 3.93. The lowest BCUT2D eigenvalue weighted by atomic mass is 9.98. The number of likely N-dealkylation sites (tertiary alicyclic amines) is 2. The van der Waals surface area contributed by atoms with Gasteiger partial charge in [0.2, 0.25) is 5.76 Å². The number of amides is 1. The normalized spacial score (nSPS) is 20.9. The van der Waals surface area contributed by atoms with Crippen molar-refractivity contribution in [3.8, 4) is 11.3 Å². The van der Waals surface area contributed by atoms with Crippen molar-refractivity contribution in [3.05, 3.63) is 41.9 Å². The molecule has 0 spiro atoms. The molecule has 144 valence electrons. The largest absolute Gasteiger partial charge is 0.350 e. The molecular formula is C21H26FN3O2. The lowest BCUT2D eigenvalue weighted by molar-refractivity contribution is 0.0546. The minimum atomic E-state index is -0.369. The molecule has 1 atom stereocenters. The summed E-state index contributed by atoms with van der Waals surface area (Å²) < 4.78 is 19.3. The zero-order valence-corrected chi connectivity index (χ0v) is 15.6. The highest BCUT2D eigenvalue weighted by molar-refractivity contribution is 5.92. The molecule has 2 aliphatic heterocycles. The molecule has 2 aliphatic rings. The maximum absolute atomic E-state index is 14.0. The second kappa shape index (κ2) is 8.21. The Morgan fingerprint density at radius 1 is 1.15 bits per heavy atom. The maximum Gasteiger partial charge on any atom is 0.292 e. The first-order valence-electron chi connectivity index (χ1n) is 9.97. The molecule has 3 heterocycles. The highest BCUT2D eigenvalue weighted by Gasteiger charge is 2.30. The monoisotopic (exact) mass is 371 g/mol. The topological polar surface area (TPSA) is 49.6 Å². The number of aromatic nitrogens is 1. The third-order valence-electron chi connectivity index (χ3n) is 5.74. The van der Waals surface area contributed by atoms with Gasteiger partial charge in [-0.05, 0) is 63.7 Å². The SMILES string of the molecule is O=C(c1cc(-c2ccccc2F)no1)N1CCCC[C@@H]1CCN1CCCC1. The van der Waals surface area contributed by atoms with Gasteiger partial charge >= 0.3 is 0 Å². The highest BCUT2D eigenvalue weighted by atomic mass is 19.1. The van der Waals surface area contributed by atoms with Crippen LogP contribution in [0.5, 0.6) is 0 Å². The smallest absolute Gasteiger partial charge is 0.292 e. The lowest BCUT2D eigenvalue weighted by Crippen LogP contribution is -2.45. The van der Waals surface area contributed by atoms with Crippen LogP contribution >= 0.6 is 0 Å². The standard InChI is InChI=1S/C21H26FN3O2/c22-18-9-2-1-8-17(18)19-15-20(27-23-19)21(26)25-13-4-3-7-16(25)10-14-24-11-5-6-12-24/h1-2,8-9,15-16H,3-7,10-14H2/t16-/m1/s1. The van der Waals surface area contributed by atoms with E-state index in [9.17, 15) is 9.18 Å². The van der Waals surface area contributed by atoms with E-state index in [4.69, 9.17) is 4.52 Å². The van der Waals surface area contributed by atoms with Crippen LogP contribution in [0.25, 0.3) is 11.3 Å². The lowest BCUT2D eigenvalue weighted by Gasteiger charge is -2.36. The molecular weight excluding hydrogens is 345 g/mol. The Kier molecular flexibility index (Phi) is 5.53. The average molecular weight is 371 g/mol. The van der Waals surface area contributed by atoms with Crippen molar-refractivity contribution >= 4 is 5.91 Å². The van der Waals surface area contributed by atoms with E-state index in [0.717, 1.165) is 38.8 Å². The van der Waals surface area contributed by atoms with Crippen molar-refractivity contribution in [2.45, 2.75) is 44.6 Å². The Morgan fingerprint density at radius 3 is 2.74 bits per heavy atom. The quantitative estimate of drug-likeness (QED) is 0.798. The van der Waals surface area contributed by atoms with Gasteiger partial charge in [0.05, 0.1) is 0 Å². The van der Waals surface area contributed by atoms with E-state index in [1.807, 2.05) is 4.90 Å². The van der Waals surface area contributed by atoms with Crippen molar-refractivity contribution in [1.29, 1.82) is 0 Å². The Hall–Kier alpha value is -2.21. The van der Waals surface area contributed by atoms with Crippen LogP contribution in [0.3, 0.4) is 0 Å². The van der Waals surface area contributed by atoms with Gasteiger partial charge in [0.15, 0.2) is 0 Å². The molecule has 0 aliphatic carbocycles. The molecule has 1 amide bonds. The summed E-state index contributed by atoms with van der Waals surface area (Å²) in [6.45, 7) is 4.15. The Bertz CT molecular complexity index is 785. The molecule has 4 rings (SSSR count). The van der Waals surface area contributed by atoms with Crippen molar-refractivity contribution in [2.75, 3.05) is 26.2 Å². The van der Waals surface area contributed by atoms with E-state index in [-0.39, 0.29) is 23.5 Å². The van der Waals surface area contributed by atoms with Crippen molar-refractivity contribution < 1.29 is 13.7 Å². The van der Waals surface area contributed by atoms with Gasteiger partial charge in [0.1, 0.15) is 11.5 Å². The maximum atomic E-state index is 14.0. The fraction of sp³-hybridized carbons (Fsp3) is 0.524. The first-order chi connectivity index (χ1) is 13.2. The minimum absolute atomic E-state index is 0.129. The van der Waals surface area contributed by atoms with Gasteiger partial charge in [-0.15, -0.1) is 0 Å². The van der Waals surface area contributed by atoms with E-state index in [0.29, 0.717) is 11.3 Å². The zero-order valence-electron chi connectivity index (χ0n) is 15.6. The molecule has 1 aromatic heterocycles. The van der Waals surface area contributed by atoms with Crippen LogP contribution in [0.4, 0.5) is 4.39 Å². The summed E-state index contributed by atoms with van der Waals surface area (Å²) in [5.74, 6) is -0.302. The molecule has 0 bridgehead atoms. The Balaban J connectivity index is 1.46. The molecule has 1 aromatic carbocycles. The van der Waals surface area contributed by atoms with Gasteiger partial charge in [-0.1, -0.05) is 17.3 Å². The summed E-state index contributed by atoms with van der Waals surface area (Å²) >= 11 is 0. The van der Waals surface area contributed by atoms with Gasteiger partial charge in [0.25, 0.3) is 5.91 Å². The second-order valence-corrected chi connectivity index (χ2v) is 7.54. The zero-order chi connectivity index (χ0) is 18.6. The summed E-state index contributed by atoms with van der Waals surface area (Å²) in [7, 11) is 0. The number of rotatable bonds is 5. The summed E-state index contributed by atoms with van der Waals surface area (Å²) in [5.41, 5.74) is 0.714. The van der Waals surface area contributed by atoms with Gasteiger partial charge < -0.3 is 14.3 Å². The van der Waals surface area contributed by atoms with Gasteiger partial charge in [-0.25, -0.2) is 4.39 Å². The van der Waals surface area contributed by atoms with E-state index in [2.05, 4.69) is 10.1 Å². The van der Waals surface area contributed by atoms with Crippen LogP contribution in [0, 0.1) is 5.82 Å². The van der Waals surface area contributed by atoms with Crippen LogP contribution < -0.4 is 0 Å². The number of carbonyl (C=O) groups excluding carboxylic acids is 1. The molecule has 0 N–H and O–H groups in total. The average Bonchev–Trinajstić information content (AvgIpc) is 3.38. The van der Waals surface area contributed by atoms with Crippen LogP contribution in [-0.4, -0.2) is 53.1 Å². The number of hydrogen-bond donors (Lipinski definition) is 0. The molecule has 2 fully saturated rings. The van der Waals surface area contributed by atoms with Crippen LogP contribution in [0.15, 0.2) is 34.9 Å². The Labute approximate surface area is 159 Å². The van der Waals surface area contributed by atoms with Gasteiger partial charge in [0, 0.05) is 30.8 Å². The number of halogens is 1. The second-order valence-electron chi connectivity index (χ2n) is 7.54. The molecule has 0 unspecified atom stereocenters. The molecule has 6 heteroatoms. The molecule has 2 saturated heterocycles. The van der Waals surface area contributed by atoms with Crippen LogP contribution in [0.1, 0.15) is 49.1 Å². The summed E-state index contributed by atoms with van der Waals surface area (Å²) in [6.07, 6.45) is 6.77. The predicted octanol–water partition coefficient (Wildman–Crippen LogP) is 3.96. The predicted molar refractivity (Wildman–Crippen MR) is 101 cm³/mol. The number of carbonyl (C=O) groups is 1. The summed E-state index contributed by atoms with van der Waals surface area (Å²) in [6, 6.07) is 8.20. The fourth-order valence-electron chi connectivity index (χ4n) is 4.22. The van der Waals surface area contributed by atoms with Gasteiger partial charge in [-0.3, -0.25) is 4.79 Å². The highest BCUT2D eigenvalue weighted by Crippen LogP contribution is 2.26. The number of piperidine rings is 1. The third-order valence-corrected chi connectivity index (χ3v) is 5.74. The van der Waals surface area contributed by atoms with E-state index >= 15 is 0 Å². The molecule has 5 nitrogen and oxygen atoms in total. The first-order valence-corrected chi connectivity index (χ1v) is 9.97. The number of benzene rings is 1. The van der Waals surface area contributed by atoms with Gasteiger partial charge in [-0.2, -0.15) is 0 Å². The third kappa shape index (κ3) is 4.05. The Morgan fingerprint density at radius 2 is 1.93 bits per heavy atom. The van der Waals surface area contributed by atoms with Crippen molar-refractivity contribution in [2.24, 2.45) is 0 Å². The molecule has 0 saturated carbocycles. The van der Waals surface area contributed by atoms with Crippen molar-refractivity contribution in [3.63, 3.8) is 0 Å². The van der Waals surface area contributed by atoms with Crippen LogP contribution in [-0.2, 0) is 0 Å². The number of nitrogens with zero attached hydrogens (tertiary/aromatic N) is 3.